The van der Waals surface area contributed by atoms with Crippen molar-refractivity contribution in [3.8, 4) is 11.1 Å². The summed E-state index contributed by atoms with van der Waals surface area (Å²) >= 11 is 0. The van der Waals surface area contributed by atoms with Crippen molar-refractivity contribution < 1.29 is 9.18 Å². The summed E-state index contributed by atoms with van der Waals surface area (Å²) in [6.07, 6.45) is 8.33. The van der Waals surface area contributed by atoms with Gasteiger partial charge in [0.2, 0.25) is 0 Å². The van der Waals surface area contributed by atoms with Crippen molar-refractivity contribution in [1.82, 2.24) is 25.3 Å². The van der Waals surface area contributed by atoms with E-state index in [2.05, 4.69) is 20.6 Å². The predicted octanol–water partition coefficient (Wildman–Crippen LogP) is 3.77. The van der Waals surface area contributed by atoms with Crippen LogP contribution in [-0.4, -0.2) is 38.1 Å². The van der Waals surface area contributed by atoms with Crippen LogP contribution in [0.3, 0.4) is 0 Å². The number of amides is 1. The summed E-state index contributed by atoms with van der Waals surface area (Å²) < 4.78 is 16.1. The van der Waals surface area contributed by atoms with Gasteiger partial charge in [-0.25, -0.2) is 4.39 Å². The number of aromatic nitrogens is 4. The van der Waals surface area contributed by atoms with E-state index in [-0.39, 0.29) is 5.91 Å². The molecule has 5 rings (SSSR count). The van der Waals surface area contributed by atoms with Gasteiger partial charge in [0, 0.05) is 17.1 Å². The van der Waals surface area contributed by atoms with Crippen molar-refractivity contribution in [3.05, 3.63) is 36.3 Å². The van der Waals surface area contributed by atoms with Gasteiger partial charge in [-0.05, 0) is 43.4 Å². The Hall–Kier alpha value is -2.70. The highest BCUT2D eigenvalue weighted by Crippen LogP contribution is 2.35. The van der Waals surface area contributed by atoms with E-state index in [1.165, 1.54) is 12.8 Å². The van der Waals surface area contributed by atoms with Crippen molar-refractivity contribution >= 4 is 16.8 Å². The Bertz CT molecular complexity index is 989. The third-order valence-electron chi connectivity index (χ3n) is 5.63. The molecule has 2 N–H and O–H groups in total. The van der Waals surface area contributed by atoms with Gasteiger partial charge in [0.25, 0.3) is 5.91 Å². The first-order valence-electron chi connectivity index (χ1n) is 9.66. The Balaban J connectivity index is 1.43. The van der Waals surface area contributed by atoms with Crippen molar-refractivity contribution in [1.29, 1.82) is 0 Å². The molecule has 2 atom stereocenters. The molecule has 0 spiro atoms. The van der Waals surface area contributed by atoms with Gasteiger partial charge in [-0.15, -0.1) is 0 Å². The quantitative estimate of drug-likeness (QED) is 0.737. The lowest BCUT2D eigenvalue weighted by Gasteiger charge is -2.26. The number of hydrogen-bond acceptors (Lipinski definition) is 3. The van der Waals surface area contributed by atoms with Crippen LogP contribution >= 0.6 is 0 Å². The molecule has 2 fully saturated rings. The molecule has 0 unspecified atom stereocenters. The molecule has 0 bridgehead atoms. The van der Waals surface area contributed by atoms with Crippen molar-refractivity contribution in [2.24, 2.45) is 0 Å². The number of rotatable bonds is 4. The molecular weight excluding hydrogens is 345 g/mol. The van der Waals surface area contributed by atoms with Gasteiger partial charge in [0.1, 0.15) is 6.17 Å². The van der Waals surface area contributed by atoms with Crippen LogP contribution < -0.4 is 5.32 Å². The summed E-state index contributed by atoms with van der Waals surface area (Å²) in [6.45, 7) is 0. The van der Waals surface area contributed by atoms with Gasteiger partial charge >= 0.3 is 0 Å². The summed E-state index contributed by atoms with van der Waals surface area (Å²) in [5.74, 6) is -0.318. The summed E-state index contributed by atoms with van der Waals surface area (Å²) in [4.78, 5) is 12.7. The number of fused-ring (bicyclic) bond motifs is 1. The molecule has 0 aliphatic heterocycles. The average Bonchev–Trinajstić information content (AvgIpc) is 3.25. The fourth-order valence-corrected chi connectivity index (χ4v) is 3.88. The molecule has 2 aromatic heterocycles. The number of nitrogens with one attached hydrogen (secondary N) is 2. The minimum absolute atomic E-state index is 0.318. The van der Waals surface area contributed by atoms with Gasteiger partial charge < -0.3 is 5.32 Å². The second-order valence-electron chi connectivity index (χ2n) is 7.65. The van der Waals surface area contributed by atoms with Gasteiger partial charge in [-0.1, -0.05) is 18.9 Å². The predicted molar refractivity (Wildman–Crippen MR) is 100 cm³/mol. The van der Waals surface area contributed by atoms with Crippen LogP contribution in [0, 0.1) is 0 Å². The molecule has 1 aromatic carbocycles. The van der Waals surface area contributed by atoms with Crippen LogP contribution in [0.25, 0.3) is 22.0 Å². The molecule has 3 aromatic rings. The zero-order valence-corrected chi connectivity index (χ0v) is 15.0. The molecule has 27 heavy (non-hydrogen) atoms. The second kappa shape index (κ2) is 6.48. The number of carbonyl (C=O) groups excluding carboxylic acids is 1. The largest absolute Gasteiger partial charge is 0.345 e. The Morgan fingerprint density at radius 2 is 2.04 bits per heavy atom. The Morgan fingerprint density at radius 3 is 2.85 bits per heavy atom. The van der Waals surface area contributed by atoms with Gasteiger partial charge in [0.05, 0.1) is 23.8 Å². The monoisotopic (exact) mass is 367 g/mol. The Labute approximate surface area is 156 Å². The fraction of sp³-hybridized carbons (Fsp3) is 0.450. The van der Waals surface area contributed by atoms with Crippen LogP contribution in [-0.2, 0) is 0 Å². The van der Waals surface area contributed by atoms with E-state index in [1.807, 2.05) is 35.3 Å². The van der Waals surface area contributed by atoms with E-state index >= 15 is 0 Å². The first kappa shape index (κ1) is 16.5. The third kappa shape index (κ3) is 3.11. The fourth-order valence-electron chi connectivity index (χ4n) is 3.88. The number of carbonyl (C=O) groups is 1. The highest BCUT2D eigenvalue weighted by Gasteiger charge is 2.28. The number of alkyl halides is 1. The standard InChI is InChI=1S/C20H22FN5O/c21-16-3-1-2-4-18(16)23-20(27)19-15-9-12(5-8-17(15)24-25-19)13-10-22-26(11-13)14-6-7-14/h5,8-11,14,16,18H,1-4,6-7H2,(H,23,27)(H,24,25)/t16-,18-/m1/s1. The summed E-state index contributed by atoms with van der Waals surface area (Å²) in [7, 11) is 0. The van der Waals surface area contributed by atoms with E-state index in [0.717, 1.165) is 34.9 Å². The molecule has 6 nitrogen and oxygen atoms in total. The van der Waals surface area contributed by atoms with Crippen LogP contribution in [0.2, 0.25) is 0 Å². The van der Waals surface area contributed by atoms with Crippen molar-refractivity contribution in [2.45, 2.75) is 56.8 Å². The molecule has 2 aliphatic rings. The summed E-state index contributed by atoms with van der Waals surface area (Å²) in [5, 5.41) is 15.1. The summed E-state index contributed by atoms with van der Waals surface area (Å²) in [6, 6.07) is 5.98. The first-order valence-corrected chi connectivity index (χ1v) is 9.66. The molecule has 1 amide bonds. The van der Waals surface area contributed by atoms with Crippen LogP contribution in [0.1, 0.15) is 55.1 Å². The first-order chi connectivity index (χ1) is 13.2. The molecule has 0 saturated heterocycles. The Kier molecular flexibility index (Phi) is 3.95. The molecule has 7 heteroatoms. The van der Waals surface area contributed by atoms with E-state index in [9.17, 15) is 9.18 Å². The second-order valence-corrected chi connectivity index (χ2v) is 7.65. The SMILES string of the molecule is O=C(N[C@@H]1CCCC[C@H]1F)c1n[nH]c2ccc(-c3cnn(C4CC4)c3)cc12. The molecular formula is C20H22FN5O. The lowest BCUT2D eigenvalue weighted by atomic mass is 9.93. The molecule has 140 valence electrons. The topological polar surface area (TPSA) is 75.6 Å². The van der Waals surface area contributed by atoms with E-state index in [0.29, 0.717) is 24.6 Å². The number of nitrogens with zero attached hydrogens (tertiary/aromatic N) is 3. The van der Waals surface area contributed by atoms with E-state index in [1.54, 1.807) is 0 Å². The highest BCUT2D eigenvalue weighted by atomic mass is 19.1. The molecule has 0 radical (unpaired) electrons. The molecule has 2 saturated carbocycles. The van der Waals surface area contributed by atoms with Gasteiger partial charge in [-0.3, -0.25) is 14.6 Å². The maximum absolute atomic E-state index is 14.1. The van der Waals surface area contributed by atoms with Crippen molar-refractivity contribution in [3.63, 3.8) is 0 Å². The van der Waals surface area contributed by atoms with Crippen molar-refractivity contribution in [2.75, 3.05) is 0 Å². The Morgan fingerprint density at radius 1 is 1.19 bits per heavy atom. The normalized spacial score (nSPS) is 22.9. The molecule has 2 heterocycles. The van der Waals surface area contributed by atoms with Gasteiger partial charge in [0.15, 0.2) is 5.69 Å². The zero-order valence-electron chi connectivity index (χ0n) is 15.0. The lowest BCUT2D eigenvalue weighted by Crippen LogP contribution is -2.43. The number of H-pyrrole nitrogens is 1. The third-order valence-corrected chi connectivity index (χ3v) is 5.63. The smallest absolute Gasteiger partial charge is 0.272 e. The summed E-state index contributed by atoms with van der Waals surface area (Å²) in [5.41, 5.74) is 3.12. The minimum atomic E-state index is -0.975. The van der Waals surface area contributed by atoms with Crippen LogP contribution in [0.5, 0.6) is 0 Å². The lowest BCUT2D eigenvalue weighted by molar-refractivity contribution is 0.0880. The van der Waals surface area contributed by atoms with Crippen LogP contribution in [0.15, 0.2) is 30.6 Å². The maximum Gasteiger partial charge on any atom is 0.272 e. The minimum Gasteiger partial charge on any atom is -0.345 e. The maximum atomic E-state index is 14.1. The number of hydrogen-bond donors (Lipinski definition) is 2. The van der Waals surface area contributed by atoms with E-state index < -0.39 is 12.2 Å². The van der Waals surface area contributed by atoms with E-state index in [4.69, 9.17) is 0 Å². The van der Waals surface area contributed by atoms with Gasteiger partial charge in [-0.2, -0.15) is 10.2 Å². The highest BCUT2D eigenvalue weighted by molar-refractivity contribution is 6.05. The van der Waals surface area contributed by atoms with Crippen LogP contribution in [0.4, 0.5) is 4.39 Å². The number of halogens is 1. The number of benzene rings is 1. The zero-order chi connectivity index (χ0) is 18.4. The molecule has 2 aliphatic carbocycles. The average molecular weight is 367 g/mol. The number of aromatic amines is 1.